The molecule has 0 saturated carbocycles. The predicted molar refractivity (Wildman–Crippen MR) is 236 cm³/mol. The molecule has 1 aliphatic rings. The summed E-state index contributed by atoms with van der Waals surface area (Å²) in [6.45, 7) is 4.77. The van der Waals surface area contributed by atoms with E-state index in [0.29, 0.717) is 0 Å². The Balaban J connectivity index is 1.08. The molecule has 0 saturated heterocycles. The summed E-state index contributed by atoms with van der Waals surface area (Å²) in [7, 11) is 0. The molecule has 8 aromatic carbocycles. The second-order valence-corrected chi connectivity index (χ2v) is 16.0. The summed E-state index contributed by atoms with van der Waals surface area (Å²) in [5.74, 6) is 0. The lowest BCUT2D eigenvalue weighted by molar-refractivity contribution is 0.667. The van der Waals surface area contributed by atoms with Crippen LogP contribution in [0.4, 0.5) is 17.1 Å². The number of benzene rings is 8. The van der Waals surface area contributed by atoms with Gasteiger partial charge in [-0.05, 0) is 121 Å². The van der Waals surface area contributed by atoms with E-state index in [1.807, 2.05) is 11.3 Å². The molecule has 10 rings (SSSR count). The van der Waals surface area contributed by atoms with Crippen molar-refractivity contribution in [3.63, 3.8) is 0 Å². The zero-order chi connectivity index (χ0) is 36.9. The third kappa shape index (κ3) is 5.87. The monoisotopic (exact) mass is 721 g/mol. The molecule has 0 N–H and O–H groups in total. The minimum Gasteiger partial charge on any atom is -0.310 e. The molecule has 1 aromatic heterocycles. The molecule has 0 bridgehead atoms. The van der Waals surface area contributed by atoms with Crippen LogP contribution in [0.5, 0.6) is 0 Å². The van der Waals surface area contributed by atoms with Crippen molar-refractivity contribution < 1.29 is 0 Å². The molecule has 2 heteroatoms. The Morgan fingerprint density at radius 2 is 0.836 bits per heavy atom. The third-order valence-electron chi connectivity index (χ3n) is 11.2. The van der Waals surface area contributed by atoms with E-state index >= 15 is 0 Å². The van der Waals surface area contributed by atoms with E-state index in [1.54, 1.807) is 0 Å². The Labute approximate surface area is 327 Å². The van der Waals surface area contributed by atoms with Crippen LogP contribution in [0.1, 0.15) is 25.0 Å². The van der Waals surface area contributed by atoms with Crippen molar-refractivity contribution in [2.45, 2.75) is 19.3 Å². The van der Waals surface area contributed by atoms with E-state index in [9.17, 15) is 0 Å². The molecule has 0 radical (unpaired) electrons. The number of hydrogen-bond donors (Lipinski definition) is 0. The van der Waals surface area contributed by atoms with Gasteiger partial charge in [-0.1, -0.05) is 159 Å². The van der Waals surface area contributed by atoms with Gasteiger partial charge in [-0.3, -0.25) is 0 Å². The van der Waals surface area contributed by atoms with Crippen molar-refractivity contribution in [3.8, 4) is 54.9 Å². The first-order valence-electron chi connectivity index (χ1n) is 19.0. The van der Waals surface area contributed by atoms with E-state index in [2.05, 4.69) is 219 Å². The molecule has 262 valence electrons. The quantitative estimate of drug-likeness (QED) is 0.158. The van der Waals surface area contributed by atoms with E-state index < -0.39 is 0 Å². The molecular weight excluding hydrogens is 683 g/mol. The van der Waals surface area contributed by atoms with Gasteiger partial charge in [0.25, 0.3) is 0 Å². The smallest absolute Gasteiger partial charge is 0.0473 e. The van der Waals surface area contributed by atoms with Crippen LogP contribution in [0.15, 0.2) is 200 Å². The van der Waals surface area contributed by atoms with Crippen LogP contribution in [0.2, 0.25) is 0 Å². The third-order valence-corrected chi connectivity index (χ3v) is 12.4. The summed E-state index contributed by atoms with van der Waals surface area (Å²) in [5, 5.41) is 1.39. The molecule has 1 heterocycles. The number of thiophene rings is 1. The highest BCUT2D eigenvalue weighted by molar-refractivity contribution is 7.22. The number of nitrogens with zero attached hydrogens (tertiary/aromatic N) is 1. The highest BCUT2D eigenvalue weighted by Gasteiger charge is 2.38. The van der Waals surface area contributed by atoms with Crippen molar-refractivity contribution in [2.24, 2.45) is 0 Å². The average molecular weight is 722 g/mol. The van der Waals surface area contributed by atoms with Crippen molar-refractivity contribution >= 4 is 38.5 Å². The fourth-order valence-electron chi connectivity index (χ4n) is 8.45. The molecule has 0 fully saturated rings. The fourth-order valence-corrected chi connectivity index (χ4v) is 9.85. The Bertz CT molecular complexity index is 2740. The molecule has 0 spiro atoms. The first kappa shape index (κ1) is 33.1. The van der Waals surface area contributed by atoms with Crippen LogP contribution in [0.25, 0.3) is 65.0 Å². The molecule has 1 nitrogen and oxygen atoms in total. The normalized spacial score (nSPS) is 12.7. The number of fused-ring (bicyclic) bond motifs is 5. The van der Waals surface area contributed by atoms with Gasteiger partial charge in [0.15, 0.2) is 0 Å². The van der Waals surface area contributed by atoms with Gasteiger partial charge in [-0.25, -0.2) is 0 Å². The second kappa shape index (κ2) is 13.4. The Kier molecular flexibility index (Phi) is 8.08. The highest BCUT2D eigenvalue weighted by atomic mass is 32.1. The van der Waals surface area contributed by atoms with Gasteiger partial charge >= 0.3 is 0 Å². The van der Waals surface area contributed by atoms with Crippen molar-refractivity contribution in [1.82, 2.24) is 0 Å². The van der Waals surface area contributed by atoms with Crippen LogP contribution >= 0.6 is 11.3 Å². The maximum atomic E-state index is 2.43. The topological polar surface area (TPSA) is 3.24 Å². The van der Waals surface area contributed by atoms with Crippen LogP contribution in [0.3, 0.4) is 0 Å². The van der Waals surface area contributed by atoms with E-state index in [4.69, 9.17) is 0 Å². The van der Waals surface area contributed by atoms with Crippen molar-refractivity contribution in [2.75, 3.05) is 4.90 Å². The summed E-state index contributed by atoms with van der Waals surface area (Å²) in [5.41, 5.74) is 17.1. The SMILES string of the molecule is CC1(C)c2cc(-c3ccc(N(c4ccc(-c5ccccc5)cc4)c4cc(-c5ccccc5)cc(-c5ccccc5)c4)cc3)ccc2-c2sc3ccccc3c21. The van der Waals surface area contributed by atoms with Gasteiger partial charge < -0.3 is 4.90 Å². The number of anilines is 3. The fraction of sp³-hybridized carbons (Fsp3) is 0.0566. The van der Waals surface area contributed by atoms with Crippen molar-refractivity contribution in [3.05, 3.63) is 211 Å². The molecular formula is C53H39NS. The summed E-state index contributed by atoms with van der Waals surface area (Å²) >= 11 is 1.93. The molecule has 0 amide bonds. The van der Waals surface area contributed by atoms with Gasteiger partial charge in [-0.15, -0.1) is 11.3 Å². The van der Waals surface area contributed by atoms with Crippen LogP contribution in [-0.4, -0.2) is 0 Å². The summed E-state index contributed by atoms with van der Waals surface area (Å²) in [6.07, 6.45) is 0. The number of hydrogen-bond acceptors (Lipinski definition) is 2. The Hall–Kier alpha value is -6.48. The largest absolute Gasteiger partial charge is 0.310 e. The molecule has 55 heavy (non-hydrogen) atoms. The van der Waals surface area contributed by atoms with Crippen LogP contribution in [0, 0.1) is 0 Å². The molecule has 0 unspecified atom stereocenters. The predicted octanol–water partition coefficient (Wildman–Crippen LogP) is 15.3. The van der Waals surface area contributed by atoms with Crippen LogP contribution < -0.4 is 4.90 Å². The maximum Gasteiger partial charge on any atom is 0.0473 e. The van der Waals surface area contributed by atoms with Gasteiger partial charge in [-0.2, -0.15) is 0 Å². The summed E-state index contributed by atoms with van der Waals surface area (Å²) in [4.78, 5) is 3.82. The lowest BCUT2D eigenvalue weighted by Gasteiger charge is -2.27. The maximum absolute atomic E-state index is 2.43. The van der Waals surface area contributed by atoms with Crippen molar-refractivity contribution in [1.29, 1.82) is 0 Å². The minimum absolute atomic E-state index is 0.0663. The van der Waals surface area contributed by atoms with E-state index in [0.717, 1.165) is 17.1 Å². The zero-order valence-corrected chi connectivity index (χ0v) is 31.7. The lowest BCUT2D eigenvalue weighted by Crippen LogP contribution is -2.15. The highest BCUT2D eigenvalue weighted by Crippen LogP contribution is 2.56. The first-order valence-corrected chi connectivity index (χ1v) is 19.8. The Morgan fingerprint density at radius 1 is 0.382 bits per heavy atom. The lowest BCUT2D eigenvalue weighted by atomic mass is 9.80. The summed E-state index contributed by atoms with van der Waals surface area (Å²) < 4.78 is 1.37. The summed E-state index contributed by atoms with van der Waals surface area (Å²) in [6, 6.07) is 73.0. The van der Waals surface area contributed by atoms with E-state index in [-0.39, 0.29) is 5.41 Å². The van der Waals surface area contributed by atoms with E-state index in [1.165, 1.54) is 76.2 Å². The average Bonchev–Trinajstić information content (AvgIpc) is 3.75. The number of rotatable bonds is 7. The Morgan fingerprint density at radius 3 is 1.40 bits per heavy atom. The van der Waals surface area contributed by atoms with Gasteiger partial charge in [0, 0.05) is 32.1 Å². The first-order chi connectivity index (χ1) is 27.0. The molecule has 0 aliphatic heterocycles. The van der Waals surface area contributed by atoms with Crippen LogP contribution in [-0.2, 0) is 5.41 Å². The van der Waals surface area contributed by atoms with Gasteiger partial charge in [0.1, 0.15) is 0 Å². The van der Waals surface area contributed by atoms with Gasteiger partial charge in [0.2, 0.25) is 0 Å². The minimum atomic E-state index is -0.0663. The zero-order valence-electron chi connectivity index (χ0n) is 30.9. The molecule has 0 atom stereocenters. The van der Waals surface area contributed by atoms with Gasteiger partial charge in [0.05, 0.1) is 0 Å². The second-order valence-electron chi connectivity index (χ2n) is 15.0. The molecule has 9 aromatic rings. The standard InChI is InChI=1S/C53H39NS/c1-53(2)49-35-41(26-31-47(49)52-51(53)48-20-12-13-21-50(48)55-52)40-24-29-45(30-25-40)54(44-27-22-39(23-28-44)36-14-6-3-7-15-36)46-33-42(37-16-8-4-9-17-37)32-43(34-46)38-18-10-5-11-19-38/h3-35H,1-2H3. The molecule has 1 aliphatic carbocycles.